The van der Waals surface area contributed by atoms with E-state index >= 15 is 0 Å². The molecule has 0 saturated carbocycles. The minimum Gasteiger partial charge on any atom is -0.378 e. The molecule has 2 aliphatic heterocycles. The van der Waals surface area contributed by atoms with Crippen LogP contribution in [0.5, 0.6) is 0 Å². The zero-order valence-electron chi connectivity index (χ0n) is 12.2. The number of nitrogens with one attached hydrogen (secondary N) is 1. The lowest BCUT2D eigenvalue weighted by atomic mass is 9.81. The number of nitrogens with zero attached hydrogens (tertiary/aromatic N) is 1. The fraction of sp³-hybridized carbons (Fsp3) is 0.500. The van der Waals surface area contributed by atoms with Crippen molar-refractivity contribution in [1.82, 2.24) is 10.2 Å². The Morgan fingerprint density at radius 2 is 2.10 bits per heavy atom. The van der Waals surface area contributed by atoms with E-state index in [-0.39, 0.29) is 24.3 Å². The van der Waals surface area contributed by atoms with E-state index in [0.717, 1.165) is 12.1 Å². The predicted molar refractivity (Wildman–Crippen MR) is 77.7 cm³/mol. The monoisotopic (exact) mass is 288 g/mol. The molecule has 2 atom stereocenters. The Morgan fingerprint density at radius 1 is 1.33 bits per heavy atom. The Morgan fingerprint density at radius 3 is 2.76 bits per heavy atom. The van der Waals surface area contributed by atoms with E-state index in [1.54, 1.807) is 0 Å². The van der Waals surface area contributed by atoms with Gasteiger partial charge in [-0.2, -0.15) is 0 Å². The molecule has 2 fully saturated rings. The summed E-state index contributed by atoms with van der Waals surface area (Å²) in [6.45, 7) is 4.23. The van der Waals surface area contributed by atoms with Crippen molar-refractivity contribution in [1.29, 1.82) is 0 Å². The highest BCUT2D eigenvalue weighted by Gasteiger charge is 2.49. The van der Waals surface area contributed by atoms with Crippen LogP contribution in [0.1, 0.15) is 18.9 Å². The number of likely N-dealkylation sites (tertiary alicyclic amines) is 1. The number of hydrogen-bond acceptors (Lipinski definition) is 4. The third kappa shape index (κ3) is 2.59. The van der Waals surface area contributed by atoms with Gasteiger partial charge in [-0.15, -0.1) is 0 Å². The van der Waals surface area contributed by atoms with E-state index in [1.165, 1.54) is 4.90 Å². The van der Waals surface area contributed by atoms with Crippen LogP contribution in [-0.2, 0) is 19.7 Å². The largest absolute Gasteiger partial charge is 0.378 e. The average molecular weight is 288 g/mol. The van der Waals surface area contributed by atoms with Crippen LogP contribution in [0.25, 0.3) is 0 Å². The van der Waals surface area contributed by atoms with Gasteiger partial charge in [-0.25, -0.2) is 0 Å². The van der Waals surface area contributed by atoms with Gasteiger partial charge < -0.3 is 10.1 Å². The topological polar surface area (TPSA) is 58.6 Å². The Labute approximate surface area is 124 Å². The molecule has 0 radical (unpaired) electrons. The van der Waals surface area contributed by atoms with Crippen LogP contribution < -0.4 is 5.32 Å². The summed E-state index contributed by atoms with van der Waals surface area (Å²) in [6, 6.07) is 9.57. The lowest BCUT2D eigenvalue weighted by Crippen LogP contribution is -2.50. The molecule has 1 aromatic carbocycles. The summed E-state index contributed by atoms with van der Waals surface area (Å²) in [5.41, 5.74) is 0.159. The highest BCUT2D eigenvalue weighted by Crippen LogP contribution is 2.36. The molecule has 2 aliphatic rings. The fourth-order valence-corrected chi connectivity index (χ4v) is 3.06. The van der Waals surface area contributed by atoms with Crippen molar-refractivity contribution in [2.75, 3.05) is 26.3 Å². The van der Waals surface area contributed by atoms with Gasteiger partial charge >= 0.3 is 0 Å². The van der Waals surface area contributed by atoms with Crippen LogP contribution in [-0.4, -0.2) is 49.1 Å². The summed E-state index contributed by atoms with van der Waals surface area (Å²) in [7, 11) is 0. The van der Waals surface area contributed by atoms with Gasteiger partial charge in [0.2, 0.25) is 11.8 Å². The average Bonchev–Trinajstić information content (AvgIpc) is 2.74. The maximum absolute atomic E-state index is 12.7. The highest BCUT2D eigenvalue weighted by atomic mass is 16.5. The maximum Gasteiger partial charge on any atom is 0.240 e. The molecule has 3 rings (SSSR count). The van der Waals surface area contributed by atoms with Crippen molar-refractivity contribution in [3.63, 3.8) is 0 Å². The van der Waals surface area contributed by atoms with Gasteiger partial charge in [-0.1, -0.05) is 30.3 Å². The third-order valence-electron chi connectivity index (χ3n) is 4.34. The normalized spacial score (nSPS) is 30.0. The van der Waals surface area contributed by atoms with Crippen molar-refractivity contribution < 1.29 is 14.3 Å². The van der Waals surface area contributed by atoms with Crippen molar-refractivity contribution in [2.24, 2.45) is 0 Å². The number of hydrogen-bond donors (Lipinski definition) is 1. The molecule has 5 nitrogen and oxygen atoms in total. The molecule has 21 heavy (non-hydrogen) atoms. The number of benzene rings is 1. The van der Waals surface area contributed by atoms with Crippen LogP contribution in [0.2, 0.25) is 0 Å². The lowest BCUT2D eigenvalue weighted by molar-refractivity contribution is -0.140. The standard InChI is InChI=1S/C16H20N2O3/c1-16(12-5-3-2-4-6-12)9-14(19)18(15(16)20)10-13-11-21-8-7-17-13/h2-6,13,17H,7-11H2,1H3. The van der Waals surface area contributed by atoms with Gasteiger partial charge in [0, 0.05) is 25.6 Å². The molecular weight excluding hydrogens is 268 g/mol. The first kappa shape index (κ1) is 14.2. The van der Waals surface area contributed by atoms with Crippen LogP contribution in [0.15, 0.2) is 30.3 Å². The van der Waals surface area contributed by atoms with Gasteiger partial charge in [0.15, 0.2) is 0 Å². The first-order chi connectivity index (χ1) is 10.1. The van der Waals surface area contributed by atoms with Crippen LogP contribution >= 0.6 is 0 Å². The van der Waals surface area contributed by atoms with E-state index in [1.807, 2.05) is 37.3 Å². The summed E-state index contributed by atoms with van der Waals surface area (Å²) in [6.07, 6.45) is 0.240. The van der Waals surface area contributed by atoms with Crippen molar-refractivity contribution in [2.45, 2.75) is 24.8 Å². The van der Waals surface area contributed by atoms with Gasteiger partial charge in [0.1, 0.15) is 0 Å². The molecule has 2 saturated heterocycles. The van der Waals surface area contributed by atoms with Gasteiger partial charge in [-0.05, 0) is 12.5 Å². The second-order valence-electron chi connectivity index (χ2n) is 5.91. The molecule has 0 aromatic heterocycles. The zero-order chi connectivity index (χ0) is 14.9. The minimum atomic E-state index is -0.742. The molecule has 0 aliphatic carbocycles. The van der Waals surface area contributed by atoms with Crippen LogP contribution in [0.4, 0.5) is 0 Å². The zero-order valence-corrected chi connectivity index (χ0v) is 12.2. The van der Waals surface area contributed by atoms with Gasteiger partial charge in [0.05, 0.1) is 18.6 Å². The molecule has 2 heterocycles. The van der Waals surface area contributed by atoms with E-state index in [9.17, 15) is 9.59 Å². The number of amides is 2. The van der Waals surface area contributed by atoms with Crippen molar-refractivity contribution in [3.8, 4) is 0 Å². The number of morpholine rings is 1. The summed E-state index contributed by atoms with van der Waals surface area (Å²) in [5.74, 6) is -0.204. The first-order valence-corrected chi connectivity index (χ1v) is 7.33. The summed E-state index contributed by atoms with van der Waals surface area (Å²) in [5, 5.41) is 3.28. The number of carbonyl (C=O) groups is 2. The molecule has 2 amide bonds. The van der Waals surface area contributed by atoms with Crippen LogP contribution in [0, 0.1) is 0 Å². The molecular formula is C16H20N2O3. The Hall–Kier alpha value is -1.72. The Kier molecular flexibility index (Phi) is 3.78. The van der Waals surface area contributed by atoms with Crippen molar-refractivity contribution >= 4 is 11.8 Å². The van der Waals surface area contributed by atoms with E-state index in [2.05, 4.69) is 5.32 Å². The van der Waals surface area contributed by atoms with Gasteiger partial charge in [0.25, 0.3) is 0 Å². The SMILES string of the molecule is CC1(c2ccccc2)CC(=O)N(CC2COCCN2)C1=O. The third-order valence-corrected chi connectivity index (χ3v) is 4.34. The number of rotatable bonds is 3. The Balaban J connectivity index is 1.78. The summed E-state index contributed by atoms with van der Waals surface area (Å²) < 4.78 is 5.39. The van der Waals surface area contributed by atoms with Gasteiger partial charge in [-0.3, -0.25) is 14.5 Å². The van der Waals surface area contributed by atoms with E-state index < -0.39 is 5.41 Å². The predicted octanol–water partition coefficient (Wildman–Crippen LogP) is 0.692. The minimum absolute atomic E-state index is 0.0322. The maximum atomic E-state index is 12.7. The van der Waals surface area contributed by atoms with E-state index in [0.29, 0.717) is 19.8 Å². The first-order valence-electron chi connectivity index (χ1n) is 7.33. The molecule has 2 unspecified atom stereocenters. The van der Waals surface area contributed by atoms with E-state index in [4.69, 9.17) is 4.74 Å². The molecule has 1 N–H and O–H groups in total. The lowest BCUT2D eigenvalue weighted by Gasteiger charge is -2.28. The van der Waals surface area contributed by atoms with Crippen LogP contribution in [0.3, 0.4) is 0 Å². The highest BCUT2D eigenvalue weighted by molar-refractivity contribution is 6.08. The number of carbonyl (C=O) groups excluding carboxylic acids is 2. The quantitative estimate of drug-likeness (QED) is 0.832. The van der Waals surface area contributed by atoms with Crippen molar-refractivity contribution in [3.05, 3.63) is 35.9 Å². The fourth-order valence-electron chi connectivity index (χ4n) is 3.06. The molecule has 1 aromatic rings. The molecule has 5 heteroatoms. The second kappa shape index (κ2) is 5.58. The summed E-state index contributed by atoms with van der Waals surface area (Å²) >= 11 is 0. The molecule has 0 bridgehead atoms. The number of ether oxygens (including phenoxy) is 1. The summed E-state index contributed by atoms with van der Waals surface area (Å²) in [4.78, 5) is 26.4. The number of imide groups is 1. The molecule has 0 spiro atoms. The Bertz CT molecular complexity index is 540. The smallest absolute Gasteiger partial charge is 0.240 e. The molecule has 112 valence electrons. The second-order valence-corrected chi connectivity index (χ2v) is 5.91.